The molecule has 2 aromatic carbocycles. The van der Waals surface area contributed by atoms with Gasteiger partial charge in [-0.3, -0.25) is 9.32 Å². The molecule has 1 amide bonds. The van der Waals surface area contributed by atoms with Gasteiger partial charge in [0.2, 0.25) is 5.91 Å². The van der Waals surface area contributed by atoms with E-state index in [0.717, 1.165) is 49.2 Å². The zero-order valence-corrected chi connectivity index (χ0v) is 34.5. The van der Waals surface area contributed by atoms with Crippen molar-refractivity contribution in [2.24, 2.45) is 22.2 Å². The maximum Gasteiger partial charge on any atom is 0.469 e. The molecule has 0 spiro atoms. The zero-order valence-electron chi connectivity index (χ0n) is 32.0. The first-order chi connectivity index (χ1) is 25.4. The largest absolute Gasteiger partial charge is 0.493 e. The predicted octanol–water partition coefficient (Wildman–Crippen LogP) is 8.34. The molecule has 4 aromatic rings. The highest BCUT2D eigenvalue weighted by molar-refractivity contribution is 7.46. The van der Waals surface area contributed by atoms with Crippen LogP contribution in [0, 0.1) is 22.2 Å². The summed E-state index contributed by atoms with van der Waals surface area (Å²) in [5.74, 6) is 1.75. The van der Waals surface area contributed by atoms with E-state index in [1.807, 2.05) is 12.1 Å². The maximum absolute atomic E-state index is 12.6. The van der Waals surface area contributed by atoms with Crippen LogP contribution >= 0.6 is 30.8 Å². The molecule has 0 saturated carbocycles. The normalized spacial score (nSPS) is 15.0. The van der Waals surface area contributed by atoms with E-state index in [-0.39, 0.29) is 35.7 Å². The molecular formula is C38H52ClN6O7PS. The third kappa shape index (κ3) is 10.3. The monoisotopic (exact) mass is 802 g/mol. The summed E-state index contributed by atoms with van der Waals surface area (Å²) in [4.78, 5) is 48.4. The van der Waals surface area contributed by atoms with E-state index in [1.165, 1.54) is 17.7 Å². The predicted molar refractivity (Wildman–Crippen MR) is 214 cm³/mol. The molecule has 16 heteroatoms. The lowest BCUT2D eigenvalue weighted by Crippen LogP contribution is -2.57. The van der Waals surface area contributed by atoms with Crippen LogP contribution in [0.1, 0.15) is 65.7 Å². The first-order valence-electron chi connectivity index (χ1n) is 18.0. The van der Waals surface area contributed by atoms with Gasteiger partial charge in [0.1, 0.15) is 12.1 Å². The molecule has 1 aliphatic rings. The summed E-state index contributed by atoms with van der Waals surface area (Å²) in [5.41, 5.74) is 0.372. The second kappa shape index (κ2) is 17.2. The quantitative estimate of drug-likeness (QED) is 0.0671. The molecule has 0 unspecified atom stereocenters. The maximum atomic E-state index is 12.6. The average molecular weight is 803 g/mol. The van der Waals surface area contributed by atoms with E-state index in [9.17, 15) is 19.1 Å². The number of amides is 1. The minimum Gasteiger partial charge on any atom is -0.493 e. The number of rotatable bonds is 15. The molecule has 1 saturated heterocycles. The SMILES string of the molecule is COc1cc2c(Nc3ncc(CC(=O)Nc4cccc(Cl)c4)s3)ncnc2cc1OCCCN1CCC(C(COP(=O)(O)O)(C(C)(C)C)C(C)(C)C)CC1. The lowest BCUT2D eigenvalue weighted by atomic mass is 9.48. The Morgan fingerprint density at radius 1 is 1.04 bits per heavy atom. The van der Waals surface area contributed by atoms with Gasteiger partial charge in [-0.2, -0.15) is 0 Å². The second-order valence-electron chi connectivity index (χ2n) is 15.8. The third-order valence-electron chi connectivity index (χ3n) is 10.4. The Morgan fingerprint density at radius 3 is 2.41 bits per heavy atom. The highest BCUT2D eigenvalue weighted by atomic mass is 35.5. The van der Waals surface area contributed by atoms with Gasteiger partial charge in [0.15, 0.2) is 16.6 Å². The molecule has 0 aliphatic carbocycles. The highest BCUT2D eigenvalue weighted by Crippen LogP contribution is 2.60. The molecule has 54 heavy (non-hydrogen) atoms. The number of piperidine rings is 1. The molecule has 4 N–H and O–H groups in total. The van der Waals surface area contributed by atoms with Crippen molar-refractivity contribution in [3.05, 3.63) is 58.8 Å². The molecule has 0 atom stereocenters. The van der Waals surface area contributed by atoms with Crippen LogP contribution in [-0.2, 0) is 20.3 Å². The van der Waals surface area contributed by atoms with Crippen LogP contribution in [-0.4, -0.2) is 75.5 Å². The second-order valence-corrected chi connectivity index (χ2v) is 18.6. The summed E-state index contributed by atoms with van der Waals surface area (Å²) >= 11 is 7.39. The van der Waals surface area contributed by atoms with Crippen LogP contribution in [0.25, 0.3) is 10.9 Å². The fraction of sp³-hybridized carbons (Fsp3) is 0.526. The molecule has 1 aliphatic heterocycles. The minimum atomic E-state index is -4.62. The number of phosphoric ester groups is 1. The van der Waals surface area contributed by atoms with Gasteiger partial charge in [-0.1, -0.05) is 59.2 Å². The van der Waals surface area contributed by atoms with E-state index < -0.39 is 13.2 Å². The van der Waals surface area contributed by atoms with Gasteiger partial charge in [-0.15, -0.1) is 11.3 Å². The third-order valence-corrected chi connectivity index (χ3v) is 12.1. The number of nitrogens with one attached hydrogen (secondary N) is 2. The van der Waals surface area contributed by atoms with Gasteiger partial charge in [0.05, 0.1) is 32.3 Å². The van der Waals surface area contributed by atoms with E-state index in [0.29, 0.717) is 45.3 Å². The number of phosphoric acid groups is 1. The van der Waals surface area contributed by atoms with Crippen molar-refractivity contribution in [3.8, 4) is 11.5 Å². The number of benzene rings is 2. The molecule has 5 rings (SSSR count). The first kappa shape index (κ1) is 41.8. The van der Waals surface area contributed by atoms with Crippen molar-refractivity contribution in [2.75, 3.05) is 50.6 Å². The number of nitrogens with zero attached hydrogens (tertiary/aromatic N) is 4. The number of ether oxygens (including phenoxy) is 2. The smallest absolute Gasteiger partial charge is 0.469 e. The number of fused-ring (bicyclic) bond motifs is 1. The molecule has 3 heterocycles. The van der Waals surface area contributed by atoms with E-state index in [4.69, 9.17) is 25.6 Å². The van der Waals surface area contributed by atoms with E-state index in [2.05, 4.69) is 72.0 Å². The van der Waals surface area contributed by atoms with Crippen LogP contribution < -0.4 is 20.1 Å². The Bertz CT molecular complexity index is 1940. The molecule has 1 fully saturated rings. The Labute approximate surface area is 326 Å². The first-order valence-corrected chi connectivity index (χ1v) is 20.8. The van der Waals surface area contributed by atoms with Crippen LogP contribution in [0.2, 0.25) is 5.02 Å². The summed E-state index contributed by atoms with van der Waals surface area (Å²) in [6.07, 6.45) is 5.93. The molecule has 13 nitrogen and oxygen atoms in total. The summed E-state index contributed by atoms with van der Waals surface area (Å²) in [5, 5.41) is 7.98. The molecule has 2 aromatic heterocycles. The van der Waals surface area contributed by atoms with Gasteiger partial charge in [-0.25, -0.2) is 19.5 Å². The number of hydrogen-bond donors (Lipinski definition) is 4. The van der Waals surface area contributed by atoms with E-state index in [1.54, 1.807) is 37.6 Å². The van der Waals surface area contributed by atoms with Crippen molar-refractivity contribution in [1.29, 1.82) is 0 Å². The summed E-state index contributed by atoms with van der Waals surface area (Å²) < 4.78 is 29.0. The number of carbonyl (C=O) groups is 1. The van der Waals surface area contributed by atoms with Gasteiger partial charge in [0.25, 0.3) is 0 Å². The highest BCUT2D eigenvalue weighted by Gasteiger charge is 2.56. The number of likely N-dealkylation sites (tertiary alicyclic amines) is 1. The Morgan fingerprint density at radius 2 is 1.76 bits per heavy atom. The number of thiazole rings is 1. The van der Waals surface area contributed by atoms with Crippen molar-refractivity contribution in [1.82, 2.24) is 19.9 Å². The standard InChI is InChI=1S/C38H52ClN6O7PS/c1-36(2,3)38(37(4,5)6,23-52-53(47,48)49)25-12-15-45(16-13-25)14-9-17-51-32-21-30-29(20-31(32)50-7)34(42-24-41-30)44-35-40-22-28(54-35)19-33(46)43-27-11-8-10-26(39)18-27/h8,10-11,18,20-22,24-25H,9,12-17,19,23H2,1-7H3,(H,43,46)(H2,47,48,49)(H,40,41,42,44). The summed E-state index contributed by atoms with van der Waals surface area (Å²) in [6.45, 7) is 16.0. The average Bonchev–Trinajstić information content (AvgIpc) is 3.51. The number of anilines is 3. The Hall–Kier alpha value is -3.36. The van der Waals surface area contributed by atoms with Gasteiger partial charge < -0.3 is 34.8 Å². The Balaban J connectivity index is 1.16. The van der Waals surface area contributed by atoms with Crippen LogP contribution in [0.5, 0.6) is 11.5 Å². The van der Waals surface area contributed by atoms with Crippen LogP contribution in [0.3, 0.4) is 0 Å². The zero-order chi connectivity index (χ0) is 39.3. The summed E-state index contributed by atoms with van der Waals surface area (Å²) in [6, 6.07) is 10.7. The van der Waals surface area contributed by atoms with Crippen molar-refractivity contribution >= 4 is 64.2 Å². The lowest BCUT2D eigenvalue weighted by Gasteiger charge is -2.59. The molecule has 0 bridgehead atoms. The minimum absolute atomic E-state index is 0.0109. The summed E-state index contributed by atoms with van der Waals surface area (Å²) in [7, 11) is -3.02. The number of methoxy groups -OCH3 is 1. The van der Waals surface area contributed by atoms with Crippen molar-refractivity contribution in [2.45, 2.75) is 67.2 Å². The Kier molecular flexibility index (Phi) is 13.3. The van der Waals surface area contributed by atoms with Gasteiger partial charge in [0, 0.05) is 45.2 Å². The van der Waals surface area contributed by atoms with Gasteiger partial charge in [-0.05, 0) is 73.4 Å². The topological polar surface area (TPSA) is 168 Å². The number of hydrogen-bond acceptors (Lipinski definition) is 11. The fourth-order valence-corrected chi connectivity index (χ4v) is 9.49. The number of aromatic nitrogens is 3. The van der Waals surface area contributed by atoms with Gasteiger partial charge >= 0.3 is 7.82 Å². The molecular weight excluding hydrogens is 751 g/mol. The number of carbonyl (C=O) groups excluding carboxylic acids is 1. The van der Waals surface area contributed by atoms with E-state index >= 15 is 0 Å². The van der Waals surface area contributed by atoms with Crippen molar-refractivity contribution < 1.29 is 33.1 Å². The molecule has 294 valence electrons. The molecule has 0 radical (unpaired) electrons. The lowest BCUT2D eigenvalue weighted by molar-refractivity contribution is -0.132. The van der Waals surface area contributed by atoms with Crippen LogP contribution in [0.15, 0.2) is 48.9 Å². The number of halogens is 1. The fourth-order valence-electron chi connectivity index (χ4n) is 8.12. The van der Waals surface area contributed by atoms with Crippen LogP contribution in [0.4, 0.5) is 16.6 Å². The van der Waals surface area contributed by atoms with Crippen molar-refractivity contribution in [3.63, 3.8) is 0 Å².